The monoisotopic (exact) mass is 277 g/mol. The summed E-state index contributed by atoms with van der Waals surface area (Å²) in [6.45, 7) is 5.88. The van der Waals surface area contributed by atoms with Gasteiger partial charge in [0.25, 0.3) is 5.69 Å². The zero-order chi connectivity index (χ0) is 14.9. The minimum atomic E-state index is -0.412. The Balaban J connectivity index is 2.36. The number of carbonyl (C=O) groups is 1. The van der Waals surface area contributed by atoms with Gasteiger partial charge < -0.3 is 9.80 Å². The molecule has 0 aliphatic carbocycles. The van der Waals surface area contributed by atoms with Crippen molar-refractivity contribution in [2.75, 3.05) is 31.6 Å². The van der Waals surface area contributed by atoms with Gasteiger partial charge in [0, 0.05) is 37.3 Å². The fraction of sp³-hybridized carbons (Fsp3) is 0.500. The van der Waals surface area contributed by atoms with E-state index in [0.717, 1.165) is 19.6 Å². The first-order valence-electron chi connectivity index (χ1n) is 6.64. The van der Waals surface area contributed by atoms with Crippen LogP contribution in [0.2, 0.25) is 0 Å². The summed E-state index contributed by atoms with van der Waals surface area (Å²) in [6.07, 6.45) is 0. The molecule has 1 fully saturated rings. The molecule has 20 heavy (non-hydrogen) atoms. The molecule has 6 heteroatoms. The summed E-state index contributed by atoms with van der Waals surface area (Å²) in [5, 5.41) is 11.2. The molecule has 0 bridgehead atoms. The second kappa shape index (κ2) is 5.58. The molecular weight excluding hydrogens is 258 g/mol. The van der Waals surface area contributed by atoms with Crippen molar-refractivity contribution in [3.63, 3.8) is 0 Å². The number of carbonyl (C=O) groups excluding carboxylic acids is 1. The number of anilines is 1. The molecule has 0 saturated carbocycles. The van der Waals surface area contributed by atoms with Crippen LogP contribution in [0.1, 0.15) is 24.2 Å². The largest absolute Gasteiger partial charge is 0.363 e. The SMILES string of the molecule is CC(=O)c1ccc(N2CCN(C)C(C)C2)c([N+](=O)[O-])c1. The lowest BCUT2D eigenvalue weighted by molar-refractivity contribution is -0.384. The number of nitro groups is 1. The van der Waals surface area contributed by atoms with E-state index < -0.39 is 4.92 Å². The van der Waals surface area contributed by atoms with Crippen molar-refractivity contribution in [2.45, 2.75) is 19.9 Å². The molecule has 0 spiro atoms. The second-order valence-corrected chi connectivity index (χ2v) is 5.29. The zero-order valence-electron chi connectivity index (χ0n) is 12.0. The predicted octanol–water partition coefficient (Wildman–Crippen LogP) is 1.94. The van der Waals surface area contributed by atoms with Crippen molar-refractivity contribution < 1.29 is 9.72 Å². The number of hydrogen-bond donors (Lipinski definition) is 0. The number of rotatable bonds is 3. The van der Waals surface area contributed by atoms with Crippen molar-refractivity contribution in [3.05, 3.63) is 33.9 Å². The van der Waals surface area contributed by atoms with E-state index >= 15 is 0 Å². The predicted molar refractivity (Wildman–Crippen MR) is 77.4 cm³/mol. The third-order valence-corrected chi connectivity index (χ3v) is 3.88. The summed E-state index contributed by atoms with van der Waals surface area (Å²) in [7, 11) is 2.05. The molecule has 1 atom stereocenters. The summed E-state index contributed by atoms with van der Waals surface area (Å²) in [5.41, 5.74) is 0.983. The Morgan fingerprint density at radius 2 is 2.10 bits per heavy atom. The summed E-state index contributed by atoms with van der Waals surface area (Å²) in [6, 6.07) is 5.07. The number of nitro benzene ring substituents is 1. The fourth-order valence-electron chi connectivity index (χ4n) is 2.42. The average Bonchev–Trinajstić information content (AvgIpc) is 2.41. The van der Waals surface area contributed by atoms with Gasteiger partial charge in [-0.2, -0.15) is 0 Å². The molecule has 1 aliphatic rings. The quantitative estimate of drug-likeness (QED) is 0.480. The summed E-state index contributed by atoms with van der Waals surface area (Å²) >= 11 is 0. The van der Waals surface area contributed by atoms with Crippen LogP contribution in [-0.2, 0) is 0 Å². The summed E-state index contributed by atoms with van der Waals surface area (Å²) in [4.78, 5) is 26.4. The van der Waals surface area contributed by atoms with Gasteiger partial charge >= 0.3 is 0 Å². The lowest BCUT2D eigenvalue weighted by atomic mass is 10.1. The number of hydrogen-bond acceptors (Lipinski definition) is 5. The number of benzene rings is 1. The Labute approximate surface area is 118 Å². The van der Waals surface area contributed by atoms with Crippen molar-refractivity contribution in [2.24, 2.45) is 0 Å². The van der Waals surface area contributed by atoms with E-state index in [2.05, 4.69) is 18.9 Å². The number of nitrogens with zero attached hydrogens (tertiary/aromatic N) is 3. The standard InChI is InChI=1S/C14H19N3O3/c1-10-9-16(7-6-15(10)3)13-5-4-12(11(2)18)8-14(13)17(19)20/h4-5,8,10H,6-7,9H2,1-3H3. The Morgan fingerprint density at radius 1 is 1.40 bits per heavy atom. The Kier molecular flexibility index (Phi) is 4.04. The van der Waals surface area contributed by atoms with E-state index in [4.69, 9.17) is 0 Å². The van der Waals surface area contributed by atoms with Gasteiger partial charge in [0.2, 0.25) is 0 Å². The number of Topliss-reactive ketones (excluding diaryl/α,β-unsaturated/α-hetero) is 1. The molecule has 1 saturated heterocycles. The third kappa shape index (κ3) is 2.80. The van der Waals surface area contributed by atoms with E-state index in [1.165, 1.54) is 13.0 Å². The molecule has 1 aliphatic heterocycles. The first-order valence-corrected chi connectivity index (χ1v) is 6.64. The highest BCUT2D eigenvalue weighted by Gasteiger charge is 2.26. The lowest BCUT2D eigenvalue weighted by Gasteiger charge is -2.38. The number of ketones is 1. The molecular formula is C14H19N3O3. The van der Waals surface area contributed by atoms with Gasteiger partial charge in [-0.15, -0.1) is 0 Å². The molecule has 108 valence electrons. The van der Waals surface area contributed by atoms with Crippen molar-refractivity contribution >= 4 is 17.2 Å². The zero-order valence-corrected chi connectivity index (χ0v) is 12.0. The molecule has 2 rings (SSSR count). The van der Waals surface area contributed by atoms with Crippen molar-refractivity contribution in [1.82, 2.24) is 4.90 Å². The van der Waals surface area contributed by atoms with E-state index in [1.807, 2.05) is 4.90 Å². The maximum atomic E-state index is 11.4. The molecule has 1 aromatic carbocycles. The van der Waals surface area contributed by atoms with Gasteiger partial charge in [-0.05, 0) is 33.0 Å². The minimum Gasteiger partial charge on any atom is -0.363 e. The van der Waals surface area contributed by atoms with Gasteiger partial charge in [-0.3, -0.25) is 14.9 Å². The second-order valence-electron chi connectivity index (χ2n) is 5.29. The molecule has 0 radical (unpaired) electrons. The topological polar surface area (TPSA) is 66.7 Å². The minimum absolute atomic E-state index is 0.00875. The van der Waals surface area contributed by atoms with E-state index in [0.29, 0.717) is 17.3 Å². The van der Waals surface area contributed by atoms with Gasteiger partial charge in [-0.1, -0.05) is 0 Å². The Hall–Kier alpha value is -1.95. The first-order chi connectivity index (χ1) is 9.40. The third-order valence-electron chi connectivity index (χ3n) is 3.88. The average molecular weight is 277 g/mol. The van der Waals surface area contributed by atoms with Crippen LogP contribution in [0.25, 0.3) is 0 Å². The van der Waals surface area contributed by atoms with Gasteiger partial charge in [0.15, 0.2) is 5.78 Å². The highest BCUT2D eigenvalue weighted by atomic mass is 16.6. The number of likely N-dealkylation sites (N-methyl/N-ethyl adjacent to an activating group) is 1. The summed E-state index contributed by atoms with van der Waals surface area (Å²) in [5.74, 6) is -0.161. The van der Waals surface area contributed by atoms with Crippen LogP contribution in [-0.4, -0.2) is 48.3 Å². The smallest absolute Gasteiger partial charge is 0.293 e. The van der Waals surface area contributed by atoms with Crippen molar-refractivity contribution in [1.29, 1.82) is 0 Å². The van der Waals surface area contributed by atoms with E-state index in [9.17, 15) is 14.9 Å². The highest BCUT2D eigenvalue weighted by Crippen LogP contribution is 2.30. The van der Waals surface area contributed by atoms with Gasteiger partial charge in [0.05, 0.1) is 4.92 Å². The maximum Gasteiger partial charge on any atom is 0.293 e. The molecule has 1 aromatic rings. The Bertz CT molecular complexity index is 544. The van der Waals surface area contributed by atoms with Crippen LogP contribution in [0.3, 0.4) is 0 Å². The highest BCUT2D eigenvalue weighted by molar-refractivity contribution is 5.95. The molecule has 0 N–H and O–H groups in total. The van der Waals surface area contributed by atoms with Crippen LogP contribution in [0, 0.1) is 10.1 Å². The van der Waals surface area contributed by atoms with E-state index in [1.54, 1.807) is 12.1 Å². The fourth-order valence-corrected chi connectivity index (χ4v) is 2.42. The molecule has 0 amide bonds. The lowest BCUT2D eigenvalue weighted by Crippen LogP contribution is -2.50. The first kappa shape index (κ1) is 14.5. The van der Waals surface area contributed by atoms with Crippen LogP contribution in [0.5, 0.6) is 0 Å². The van der Waals surface area contributed by atoms with Gasteiger partial charge in [-0.25, -0.2) is 0 Å². The molecule has 6 nitrogen and oxygen atoms in total. The van der Waals surface area contributed by atoms with Crippen LogP contribution in [0.15, 0.2) is 18.2 Å². The van der Waals surface area contributed by atoms with Crippen molar-refractivity contribution in [3.8, 4) is 0 Å². The normalized spacial score (nSPS) is 19.9. The molecule has 1 unspecified atom stereocenters. The van der Waals surface area contributed by atoms with Gasteiger partial charge in [0.1, 0.15) is 5.69 Å². The molecule has 1 heterocycles. The molecule has 0 aromatic heterocycles. The van der Waals surface area contributed by atoms with Crippen LogP contribution >= 0.6 is 0 Å². The summed E-state index contributed by atoms with van der Waals surface area (Å²) < 4.78 is 0. The van der Waals surface area contributed by atoms with Crippen LogP contribution in [0.4, 0.5) is 11.4 Å². The van der Waals surface area contributed by atoms with E-state index in [-0.39, 0.29) is 11.5 Å². The maximum absolute atomic E-state index is 11.4. The number of piperazine rings is 1. The Morgan fingerprint density at radius 3 is 2.65 bits per heavy atom. The van der Waals surface area contributed by atoms with Crippen LogP contribution < -0.4 is 4.90 Å².